The minimum absolute atomic E-state index is 0.227. The van der Waals surface area contributed by atoms with Crippen molar-refractivity contribution in [1.29, 1.82) is 0 Å². The van der Waals surface area contributed by atoms with Crippen LogP contribution in [0, 0.1) is 0 Å². The number of hydrogen-bond donors (Lipinski definition) is 2. The summed E-state index contributed by atoms with van der Waals surface area (Å²) in [5.74, 6) is 1.14. The van der Waals surface area contributed by atoms with Gasteiger partial charge in [0.25, 0.3) is 0 Å². The number of benzene rings is 1. The zero-order valence-electron chi connectivity index (χ0n) is 14.3. The molecule has 2 amide bonds. The molecule has 3 rings (SSSR count). The molecule has 1 aromatic carbocycles. The zero-order chi connectivity index (χ0) is 18.4. The van der Waals surface area contributed by atoms with Crippen LogP contribution >= 0.6 is 0 Å². The van der Waals surface area contributed by atoms with Gasteiger partial charge in [-0.3, -0.25) is 4.98 Å². The molecular weight excluding hydrogens is 336 g/mol. The summed E-state index contributed by atoms with van der Waals surface area (Å²) in [6, 6.07) is 8.42. The molecule has 26 heavy (non-hydrogen) atoms. The molecule has 0 unspecified atom stereocenters. The molecule has 0 spiro atoms. The second-order valence-electron chi connectivity index (χ2n) is 5.24. The molecule has 2 N–H and O–H groups in total. The maximum absolute atomic E-state index is 12.1. The van der Waals surface area contributed by atoms with Crippen molar-refractivity contribution in [3.8, 4) is 17.2 Å². The smallest absolute Gasteiger partial charge is 0.319 e. The Kier molecular flexibility index (Phi) is 5.28. The molecule has 9 heteroatoms. The number of rotatable bonds is 6. The Morgan fingerprint density at radius 1 is 1.23 bits per heavy atom. The summed E-state index contributed by atoms with van der Waals surface area (Å²) in [7, 11) is 3.09. The molecule has 0 fully saturated rings. The number of methoxy groups -OCH3 is 2. The third-order valence-corrected chi connectivity index (χ3v) is 3.54. The Morgan fingerprint density at radius 2 is 2.12 bits per heavy atom. The van der Waals surface area contributed by atoms with Crippen molar-refractivity contribution in [3.05, 3.63) is 54.6 Å². The number of urea groups is 1. The van der Waals surface area contributed by atoms with E-state index in [-0.39, 0.29) is 12.6 Å². The highest BCUT2D eigenvalue weighted by atomic mass is 16.5. The summed E-state index contributed by atoms with van der Waals surface area (Å²) in [6.45, 7) is 0.227. The molecular formula is C17H18N6O3. The number of pyridine rings is 1. The van der Waals surface area contributed by atoms with E-state index in [0.29, 0.717) is 22.9 Å². The van der Waals surface area contributed by atoms with Crippen molar-refractivity contribution in [3.63, 3.8) is 0 Å². The predicted molar refractivity (Wildman–Crippen MR) is 94.6 cm³/mol. The second kappa shape index (κ2) is 7.97. The minimum atomic E-state index is -0.385. The monoisotopic (exact) mass is 354 g/mol. The fraction of sp³-hybridized carbons (Fsp3) is 0.176. The van der Waals surface area contributed by atoms with Gasteiger partial charge in [0, 0.05) is 12.3 Å². The number of amides is 2. The van der Waals surface area contributed by atoms with Gasteiger partial charge in [0.15, 0.2) is 0 Å². The van der Waals surface area contributed by atoms with E-state index < -0.39 is 0 Å². The second-order valence-corrected chi connectivity index (χ2v) is 5.24. The first kappa shape index (κ1) is 17.2. The standard InChI is InChI=1S/C17H18N6O3/c1-25-14-5-6-15(16(8-14)26-2)20-17(24)19-9-12-11-23(22-21-12)13-4-3-7-18-10-13/h3-8,10-11H,9H2,1-2H3,(H2,19,20,24). The van der Waals surface area contributed by atoms with Gasteiger partial charge in [0.2, 0.25) is 0 Å². The Morgan fingerprint density at radius 3 is 2.85 bits per heavy atom. The van der Waals surface area contributed by atoms with Gasteiger partial charge in [-0.15, -0.1) is 5.10 Å². The molecule has 0 aliphatic rings. The summed E-state index contributed by atoms with van der Waals surface area (Å²) < 4.78 is 12.0. The van der Waals surface area contributed by atoms with Gasteiger partial charge in [0.1, 0.15) is 17.2 Å². The van der Waals surface area contributed by atoms with Crippen molar-refractivity contribution in [2.24, 2.45) is 0 Å². The lowest BCUT2D eigenvalue weighted by atomic mass is 10.2. The summed E-state index contributed by atoms with van der Waals surface area (Å²) in [5, 5.41) is 13.5. The van der Waals surface area contributed by atoms with Crippen LogP contribution in [0.25, 0.3) is 5.69 Å². The van der Waals surface area contributed by atoms with Gasteiger partial charge in [-0.1, -0.05) is 5.21 Å². The first-order valence-electron chi connectivity index (χ1n) is 7.78. The Bertz CT molecular complexity index is 881. The van der Waals surface area contributed by atoms with Crippen LogP contribution in [-0.4, -0.2) is 40.2 Å². The largest absolute Gasteiger partial charge is 0.497 e. The van der Waals surface area contributed by atoms with E-state index in [1.165, 1.54) is 7.11 Å². The van der Waals surface area contributed by atoms with E-state index in [2.05, 4.69) is 25.9 Å². The molecule has 0 radical (unpaired) electrons. The zero-order valence-corrected chi connectivity index (χ0v) is 14.3. The van der Waals surface area contributed by atoms with Gasteiger partial charge < -0.3 is 20.1 Å². The molecule has 3 aromatic rings. The van der Waals surface area contributed by atoms with Crippen LogP contribution in [0.15, 0.2) is 48.9 Å². The van der Waals surface area contributed by atoms with Crippen LogP contribution in [0.4, 0.5) is 10.5 Å². The van der Waals surface area contributed by atoms with Gasteiger partial charge in [-0.25, -0.2) is 9.48 Å². The first-order chi connectivity index (χ1) is 12.7. The summed E-state index contributed by atoms with van der Waals surface area (Å²) in [4.78, 5) is 16.1. The number of ether oxygens (including phenoxy) is 2. The number of aromatic nitrogens is 4. The van der Waals surface area contributed by atoms with Crippen molar-refractivity contribution < 1.29 is 14.3 Å². The van der Waals surface area contributed by atoms with Gasteiger partial charge in [-0.05, 0) is 24.3 Å². The van der Waals surface area contributed by atoms with E-state index >= 15 is 0 Å². The van der Waals surface area contributed by atoms with Crippen LogP contribution in [-0.2, 0) is 6.54 Å². The SMILES string of the molecule is COc1ccc(NC(=O)NCc2cn(-c3cccnc3)nn2)c(OC)c1. The fourth-order valence-corrected chi connectivity index (χ4v) is 2.23. The van der Waals surface area contributed by atoms with Gasteiger partial charge >= 0.3 is 6.03 Å². The van der Waals surface area contributed by atoms with E-state index in [1.807, 2.05) is 12.1 Å². The maximum atomic E-state index is 12.1. The topological polar surface area (TPSA) is 103 Å². The number of carbonyl (C=O) groups is 1. The Labute approximate surface area is 150 Å². The van der Waals surface area contributed by atoms with E-state index in [1.54, 1.807) is 48.6 Å². The molecule has 0 saturated carbocycles. The Balaban J connectivity index is 1.59. The lowest BCUT2D eigenvalue weighted by molar-refractivity contribution is 0.251. The molecule has 0 atom stereocenters. The fourth-order valence-electron chi connectivity index (χ4n) is 2.23. The quantitative estimate of drug-likeness (QED) is 0.702. The van der Waals surface area contributed by atoms with Gasteiger partial charge in [-0.2, -0.15) is 0 Å². The molecule has 0 bridgehead atoms. The number of anilines is 1. The van der Waals surface area contributed by atoms with Crippen molar-refractivity contribution in [2.75, 3.05) is 19.5 Å². The number of hydrogen-bond acceptors (Lipinski definition) is 6. The highest BCUT2D eigenvalue weighted by Crippen LogP contribution is 2.28. The summed E-state index contributed by atoms with van der Waals surface area (Å²) in [6.07, 6.45) is 5.08. The molecule has 9 nitrogen and oxygen atoms in total. The van der Waals surface area contributed by atoms with Gasteiger partial charge in [0.05, 0.1) is 44.5 Å². The van der Waals surface area contributed by atoms with E-state index in [4.69, 9.17) is 9.47 Å². The highest BCUT2D eigenvalue weighted by Gasteiger charge is 2.10. The van der Waals surface area contributed by atoms with Crippen LogP contribution in [0.5, 0.6) is 11.5 Å². The summed E-state index contributed by atoms with van der Waals surface area (Å²) in [5.41, 5.74) is 1.94. The van der Waals surface area contributed by atoms with Crippen LogP contribution in [0.1, 0.15) is 5.69 Å². The van der Waals surface area contributed by atoms with Crippen LogP contribution in [0.2, 0.25) is 0 Å². The van der Waals surface area contributed by atoms with Crippen LogP contribution < -0.4 is 20.1 Å². The van der Waals surface area contributed by atoms with Crippen molar-refractivity contribution >= 4 is 11.7 Å². The third-order valence-electron chi connectivity index (χ3n) is 3.54. The molecule has 0 aliphatic heterocycles. The van der Waals surface area contributed by atoms with E-state index in [9.17, 15) is 4.79 Å². The normalized spacial score (nSPS) is 10.2. The lowest BCUT2D eigenvalue weighted by Crippen LogP contribution is -2.28. The molecule has 0 saturated heterocycles. The lowest BCUT2D eigenvalue weighted by Gasteiger charge is -2.11. The van der Waals surface area contributed by atoms with Crippen LogP contribution in [0.3, 0.4) is 0 Å². The van der Waals surface area contributed by atoms with Crippen molar-refractivity contribution in [1.82, 2.24) is 25.3 Å². The first-order valence-corrected chi connectivity index (χ1v) is 7.78. The Hall–Kier alpha value is -3.62. The van der Waals surface area contributed by atoms with E-state index in [0.717, 1.165) is 5.69 Å². The highest BCUT2D eigenvalue weighted by molar-refractivity contribution is 5.91. The average Bonchev–Trinajstić information content (AvgIpc) is 3.16. The number of nitrogens with zero attached hydrogens (tertiary/aromatic N) is 4. The molecule has 2 aromatic heterocycles. The average molecular weight is 354 g/mol. The predicted octanol–water partition coefficient (Wildman–Crippen LogP) is 2.00. The maximum Gasteiger partial charge on any atom is 0.319 e. The molecule has 134 valence electrons. The third kappa shape index (κ3) is 4.07. The summed E-state index contributed by atoms with van der Waals surface area (Å²) >= 11 is 0. The number of nitrogens with one attached hydrogen (secondary N) is 2. The molecule has 2 heterocycles. The number of carbonyl (C=O) groups excluding carboxylic acids is 1. The van der Waals surface area contributed by atoms with Crippen molar-refractivity contribution in [2.45, 2.75) is 6.54 Å². The molecule has 0 aliphatic carbocycles. The minimum Gasteiger partial charge on any atom is -0.497 e.